The van der Waals surface area contributed by atoms with Crippen LogP contribution in [0.25, 0.3) is 0 Å². The summed E-state index contributed by atoms with van der Waals surface area (Å²) >= 11 is 0. The third-order valence-electron chi connectivity index (χ3n) is 5.42. The van der Waals surface area contributed by atoms with Gasteiger partial charge >= 0.3 is 0 Å². The molecule has 1 saturated carbocycles. The van der Waals surface area contributed by atoms with E-state index < -0.39 is 0 Å². The Morgan fingerprint density at radius 2 is 1.95 bits per heavy atom. The average Bonchev–Trinajstić information content (AvgIpc) is 3.05. The van der Waals surface area contributed by atoms with Crippen molar-refractivity contribution in [3.05, 3.63) is 23.8 Å². The number of nitrogens with zero attached hydrogens (tertiary/aromatic N) is 2. The second kappa shape index (κ2) is 5.04. The lowest BCUT2D eigenvalue weighted by Gasteiger charge is -2.24. The van der Waals surface area contributed by atoms with E-state index in [1.807, 2.05) is 0 Å². The second-order valence-corrected chi connectivity index (χ2v) is 6.87. The molecule has 2 heterocycles. The van der Waals surface area contributed by atoms with Gasteiger partial charge in [-0.2, -0.15) is 0 Å². The fraction of sp³-hybridized carbons (Fsp3) is 0.611. The maximum Gasteiger partial charge on any atom is 0.230 e. The van der Waals surface area contributed by atoms with Crippen LogP contribution in [-0.4, -0.2) is 25.5 Å². The van der Waals surface area contributed by atoms with Crippen molar-refractivity contribution in [2.75, 3.05) is 29.4 Å². The molecule has 0 N–H and O–H groups in total. The smallest absolute Gasteiger partial charge is 0.230 e. The van der Waals surface area contributed by atoms with E-state index >= 15 is 0 Å². The summed E-state index contributed by atoms with van der Waals surface area (Å²) < 4.78 is 0. The molecule has 3 nitrogen and oxygen atoms in total. The molecule has 21 heavy (non-hydrogen) atoms. The van der Waals surface area contributed by atoms with Crippen molar-refractivity contribution in [3.8, 4) is 0 Å². The number of anilines is 2. The van der Waals surface area contributed by atoms with Crippen LogP contribution < -0.4 is 9.80 Å². The van der Waals surface area contributed by atoms with Crippen LogP contribution in [0.4, 0.5) is 11.4 Å². The summed E-state index contributed by atoms with van der Waals surface area (Å²) in [5, 5.41) is 0. The average molecular weight is 284 g/mol. The molecule has 1 unspecified atom stereocenters. The van der Waals surface area contributed by atoms with E-state index in [1.54, 1.807) is 0 Å². The van der Waals surface area contributed by atoms with Crippen LogP contribution >= 0.6 is 0 Å². The predicted octanol–water partition coefficient (Wildman–Crippen LogP) is 3.22. The second-order valence-electron chi connectivity index (χ2n) is 6.87. The van der Waals surface area contributed by atoms with Gasteiger partial charge in [0.2, 0.25) is 5.91 Å². The van der Waals surface area contributed by atoms with Gasteiger partial charge < -0.3 is 9.80 Å². The van der Waals surface area contributed by atoms with E-state index in [9.17, 15) is 4.79 Å². The Morgan fingerprint density at radius 3 is 2.67 bits per heavy atom. The molecular formula is C18H24N2O. The van der Waals surface area contributed by atoms with Crippen LogP contribution in [0.3, 0.4) is 0 Å². The molecule has 1 aliphatic carbocycles. The van der Waals surface area contributed by atoms with Gasteiger partial charge in [0.25, 0.3) is 0 Å². The number of rotatable bonds is 3. The third-order valence-corrected chi connectivity index (χ3v) is 5.42. The fourth-order valence-electron chi connectivity index (χ4n) is 3.81. The van der Waals surface area contributed by atoms with Crippen molar-refractivity contribution in [1.82, 2.24) is 0 Å². The number of carbonyl (C=O) groups is 1. The van der Waals surface area contributed by atoms with Crippen molar-refractivity contribution in [1.29, 1.82) is 0 Å². The Morgan fingerprint density at radius 1 is 1.19 bits per heavy atom. The minimum absolute atomic E-state index is 0.200. The summed E-state index contributed by atoms with van der Waals surface area (Å²) in [7, 11) is 0. The lowest BCUT2D eigenvalue weighted by molar-refractivity contribution is -0.122. The first-order valence-electron chi connectivity index (χ1n) is 8.43. The molecule has 2 aliphatic heterocycles. The topological polar surface area (TPSA) is 23.6 Å². The quantitative estimate of drug-likeness (QED) is 0.851. The zero-order chi connectivity index (χ0) is 14.4. The van der Waals surface area contributed by atoms with E-state index in [-0.39, 0.29) is 5.92 Å². The number of carbonyl (C=O) groups excluding carboxylic acids is 1. The van der Waals surface area contributed by atoms with Gasteiger partial charge in [0.1, 0.15) is 0 Å². The van der Waals surface area contributed by atoms with Crippen LogP contribution in [-0.2, 0) is 11.2 Å². The zero-order valence-electron chi connectivity index (χ0n) is 12.8. The van der Waals surface area contributed by atoms with Gasteiger partial charge in [-0.1, -0.05) is 13.0 Å². The van der Waals surface area contributed by atoms with Gasteiger partial charge in [-0.05, 0) is 55.7 Å². The molecule has 1 saturated heterocycles. The third kappa shape index (κ3) is 2.33. The first-order valence-corrected chi connectivity index (χ1v) is 8.43. The molecule has 3 heteroatoms. The number of fused-ring (bicyclic) bond motifs is 1. The fourth-order valence-corrected chi connectivity index (χ4v) is 3.81. The summed E-state index contributed by atoms with van der Waals surface area (Å²) in [5.74, 6) is 1.18. The molecule has 1 aromatic rings. The first kappa shape index (κ1) is 13.2. The molecule has 1 atom stereocenters. The molecule has 2 fully saturated rings. The standard InChI is InChI=1S/C18H24N2O/c1-13(14-4-5-14)18(21)20-11-8-15-6-7-16(12-17(15)20)19-9-2-3-10-19/h6-7,12-14H,2-5,8-11H2,1H3. The van der Waals surface area contributed by atoms with E-state index in [4.69, 9.17) is 0 Å². The first-order chi connectivity index (χ1) is 10.2. The van der Waals surface area contributed by atoms with E-state index in [1.165, 1.54) is 42.6 Å². The van der Waals surface area contributed by atoms with Crippen molar-refractivity contribution in [2.45, 2.75) is 39.0 Å². The van der Waals surface area contributed by atoms with E-state index in [2.05, 4.69) is 34.9 Å². The molecule has 0 aromatic heterocycles. The molecule has 0 radical (unpaired) electrons. The molecule has 3 aliphatic rings. The highest BCUT2D eigenvalue weighted by Gasteiger charge is 2.37. The van der Waals surface area contributed by atoms with Crippen molar-refractivity contribution in [3.63, 3.8) is 0 Å². The summed E-state index contributed by atoms with van der Waals surface area (Å²) in [6, 6.07) is 6.73. The summed E-state index contributed by atoms with van der Waals surface area (Å²) in [6.07, 6.45) is 6.07. The summed E-state index contributed by atoms with van der Waals surface area (Å²) in [4.78, 5) is 17.2. The molecule has 1 amide bonds. The largest absolute Gasteiger partial charge is 0.371 e. The van der Waals surface area contributed by atoms with Gasteiger partial charge in [-0.15, -0.1) is 0 Å². The number of hydrogen-bond donors (Lipinski definition) is 0. The van der Waals surface area contributed by atoms with Crippen LogP contribution in [0.15, 0.2) is 18.2 Å². The SMILES string of the molecule is CC(C(=O)N1CCc2ccc(N3CCCC3)cc21)C1CC1. The Balaban J connectivity index is 1.60. The predicted molar refractivity (Wildman–Crippen MR) is 85.8 cm³/mol. The highest BCUT2D eigenvalue weighted by atomic mass is 16.2. The zero-order valence-corrected chi connectivity index (χ0v) is 12.8. The van der Waals surface area contributed by atoms with Crippen LogP contribution in [0.1, 0.15) is 38.2 Å². The maximum absolute atomic E-state index is 12.7. The van der Waals surface area contributed by atoms with Gasteiger partial charge in [-0.3, -0.25) is 4.79 Å². The monoisotopic (exact) mass is 284 g/mol. The Bertz CT molecular complexity index is 558. The number of amides is 1. The molecule has 4 rings (SSSR count). The summed E-state index contributed by atoms with van der Waals surface area (Å²) in [5.41, 5.74) is 3.82. The van der Waals surface area contributed by atoms with Crippen LogP contribution in [0.2, 0.25) is 0 Å². The molecule has 1 aromatic carbocycles. The lowest BCUT2D eigenvalue weighted by atomic mass is 10.0. The van der Waals surface area contributed by atoms with Crippen molar-refractivity contribution >= 4 is 17.3 Å². The summed E-state index contributed by atoms with van der Waals surface area (Å²) in [6.45, 7) is 5.30. The minimum Gasteiger partial charge on any atom is -0.371 e. The number of hydrogen-bond acceptors (Lipinski definition) is 2. The normalized spacial score (nSPS) is 22.5. The molecule has 0 bridgehead atoms. The van der Waals surface area contributed by atoms with Crippen molar-refractivity contribution < 1.29 is 4.79 Å². The minimum atomic E-state index is 0.200. The highest BCUT2D eigenvalue weighted by molar-refractivity contribution is 5.97. The van der Waals surface area contributed by atoms with E-state index in [0.717, 1.165) is 26.1 Å². The Labute approximate surface area is 126 Å². The van der Waals surface area contributed by atoms with Crippen LogP contribution in [0.5, 0.6) is 0 Å². The van der Waals surface area contributed by atoms with Gasteiger partial charge in [0.15, 0.2) is 0 Å². The maximum atomic E-state index is 12.7. The number of benzene rings is 1. The van der Waals surface area contributed by atoms with Crippen LogP contribution in [0, 0.1) is 11.8 Å². The Hall–Kier alpha value is -1.51. The Kier molecular flexibility index (Phi) is 3.16. The van der Waals surface area contributed by atoms with Gasteiger partial charge in [0.05, 0.1) is 0 Å². The molecular weight excluding hydrogens is 260 g/mol. The van der Waals surface area contributed by atoms with Gasteiger partial charge in [-0.25, -0.2) is 0 Å². The van der Waals surface area contributed by atoms with Gasteiger partial charge in [0, 0.05) is 36.9 Å². The molecule has 0 spiro atoms. The highest BCUT2D eigenvalue weighted by Crippen LogP contribution is 2.40. The van der Waals surface area contributed by atoms with E-state index in [0.29, 0.717) is 11.8 Å². The van der Waals surface area contributed by atoms with Crippen molar-refractivity contribution in [2.24, 2.45) is 11.8 Å². The lowest BCUT2D eigenvalue weighted by Crippen LogP contribution is -2.34. The molecule has 112 valence electrons.